The lowest BCUT2D eigenvalue weighted by atomic mass is 9.93. The summed E-state index contributed by atoms with van der Waals surface area (Å²) in [5, 5.41) is 10.4. The molecule has 1 aromatic rings. The van der Waals surface area contributed by atoms with E-state index in [-0.39, 0.29) is 29.0 Å². The van der Waals surface area contributed by atoms with E-state index in [9.17, 15) is 18.0 Å². The first-order valence-electron chi connectivity index (χ1n) is 7.41. The first-order valence-corrected chi connectivity index (χ1v) is 9.77. The lowest BCUT2D eigenvalue weighted by Gasteiger charge is -2.32. The summed E-state index contributed by atoms with van der Waals surface area (Å²) >= 11 is 1.10. The highest BCUT2D eigenvalue weighted by Crippen LogP contribution is 2.21. The number of nitrogens with zero attached hydrogens (tertiary/aromatic N) is 1. The number of carbonyl (C=O) groups excluding carboxylic acids is 1. The third-order valence-corrected chi connectivity index (χ3v) is 6.61. The number of amides is 1. The molecule has 1 atom stereocenters. The Labute approximate surface area is 139 Å². The molecule has 1 aliphatic heterocycles. The second kappa shape index (κ2) is 7.89. The van der Waals surface area contributed by atoms with Crippen molar-refractivity contribution in [2.75, 3.05) is 19.6 Å². The topological polar surface area (TPSA) is 104 Å². The van der Waals surface area contributed by atoms with Gasteiger partial charge in [0, 0.05) is 19.5 Å². The van der Waals surface area contributed by atoms with Crippen LogP contribution in [0.1, 0.15) is 25.7 Å². The van der Waals surface area contributed by atoms with Gasteiger partial charge in [-0.05, 0) is 36.6 Å². The van der Waals surface area contributed by atoms with Crippen molar-refractivity contribution in [2.24, 2.45) is 5.92 Å². The van der Waals surface area contributed by atoms with Crippen LogP contribution in [0.5, 0.6) is 0 Å². The average molecular weight is 360 g/mol. The SMILES string of the molecule is O=C(O)CCC1CCCN(C(=O)CNS(=O)(=O)c2cccs2)C1. The fourth-order valence-electron chi connectivity index (χ4n) is 2.61. The number of hydrogen-bond acceptors (Lipinski definition) is 5. The first-order chi connectivity index (χ1) is 10.9. The maximum Gasteiger partial charge on any atom is 0.303 e. The quantitative estimate of drug-likeness (QED) is 0.758. The number of carboxylic acids is 1. The van der Waals surface area contributed by atoms with E-state index in [4.69, 9.17) is 5.11 Å². The molecule has 1 saturated heterocycles. The normalized spacial score (nSPS) is 18.8. The van der Waals surface area contributed by atoms with Crippen LogP contribution in [0, 0.1) is 5.92 Å². The molecule has 1 aliphatic rings. The van der Waals surface area contributed by atoms with Crippen molar-refractivity contribution in [2.45, 2.75) is 29.9 Å². The molecule has 128 valence electrons. The Balaban J connectivity index is 1.84. The fraction of sp³-hybridized carbons (Fsp3) is 0.571. The molecule has 7 nitrogen and oxygen atoms in total. The molecule has 1 aromatic heterocycles. The van der Waals surface area contributed by atoms with Gasteiger partial charge >= 0.3 is 5.97 Å². The number of carboxylic acid groups (broad SMARTS) is 1. The summed E-state index contributed by atoms with van der Waals surface area (Å²) < 4.78 is 26.5. The molecule has 1 amide bonds. The maximum atomic E-state index is 12.2. The molecule has 2 rings (SSSR count). The molecule has 1 fully saturated rings. The van der Waals surface area contributed by atoms with Gasteiger partial charge in [-0.3, -0.25) is 9.59 Å². The molecule has 9 heteroatoms. The van der Waals surface area contributed by atoms with Crippen molar-refractivity contribution >= 4 is 33.2 Å². The number of piperidine rings is 1. The third kappa shape index (κ3) is 5.29. The van der Waals surface area contributed by atoms with Gasteiger partial charge in [-0.2, -0.15) is 0 Å². The van der Waals surface area contributed by atoms with E-state index < -0.39 is 16.0 Å². The number of hydrogen-bond donors (Lipinski definition) is 2. The summed E-state index contributed by atoms with van der Waals surface area (Å²) in [4.78, 5) is 24.4. The van der Waals surface area contributed by atoms with E-state index in [1.54, 1.807) is 16.3 Å². The number of sulfonamides is 1. The Bertz CT molecular complexity index is 642. The minimum atomic E-state index is -3.64. The molecule has 0 aliphatic carbocycles. The summed E-state index contributed by atoms with van der Waals surface area (Å²) in [6.07, 6.45) is 2.35. The summed E-state index contributed by atoms with van der Waals surface area (Å²) in [7, 11) is -3.64. The van der Waals surface area contributed by atoms with Crippen LogP contribution in [-0.4, -0.2) is 49.9 Å². The van der Waals surface area contributed by atoms with Crippen LogP contribution in [0.25, 0.3) is 0 Å². The zero-order valence-corrected chi connectivity index (χ0v) is 14.2. The summed E-state index contributed by atoms with van der Waals surface area (Å²) in [6.45, 7) is 0.807. The molecule has 0 radical (unpaired) electrons. The number of rotatable bonds is 7. The average Bonchev–Trinajstić information content (AvgIpc) is 3.06. The Kier molecular flexibility index (Phi) is 6.14. The molecule has 0 aromatic carbocycles. The number of likely N-dealkylation sites (tertiary alicyclic amines) is 1. The van der Waals surface area contributed by atoms with Gasteiger partial charge in [0.15, 0.2) is 0 Å². The molecule has 1 unspecified atom stereocenters. The highest BCUT2D eigenvalue weighted by molar-refractivity contribution is 7.91. The highest BCUT2D eigenvalue weighted by atomic mass is 32.2. The van der Waals surface area contributed by atoms with E-state index >= 15 is 0 Å². The fourth-order valence-corrected chi connectivity index (χ4v) is 4.62. The van der Waals surface area contributed by atoms with Gasteiger partial charge in [0.2, 0.25) is 5.91 Å². The van der Waals surface area contributed by atoms with Crippen molar-refractivity contribution in [1.29, 1.82) is 0 Å². The predicted molar refractivity (Wildman–Crippen MR) is 85.7 cm³/mol. The summed E-state index contributed by atoms with van der Waals surface area (Å²) in [5.41, 5.74) is 0. The van der Waals surface area contributed by atoms with Crippen LogP contribution < -0.4 is 4.72 Å². The van der Waals surface area contributed by atoms with Crippen molar-refractivity contribution in [3.8, 4) is 0 Å². The molecule has 2 heterocycles. The second-order valence-electron chi connectivity index (χ2n) is 5.54. The van der Waals surface area contributed by atoms with Crippen LogP contribution in [0.3, 0.4) is 0 Å². The third-order valence-electron chi connectivity index (χ3n) is 3.81. The van der Waals surface area contributed by atoms with Gasteiger partial charge in [0.25, 0.3) is 10.0 Å². The largest absolute Gasteiger partial charge is 0.481 e. The Hall–Kier alpha value is -1.45. The van der Waals surface area contributed by atoms with Gasteiger partial charge in [0.05, 0.1) is 6.54 Å². The first kappa shape index (κ1) is 17.9. The zero-order chi connectivity index (χ0) is 16.9. The van der Waals surface area contributed by atoms with E-state index in [0.29, 0.717) is 19.5 Å². The van der Waals surface area contributed by atoms with Crippen LogP contribution in [-0.2, 0) is 19.6 Å². The Morgan fingerprint density at radius 2 is 2.22 bits per heavy atom. The standard InChI is InChI=1S/C14H20N2O5S2/c17-12(9-15-23(20,21)14-4-2-8-22-14)16-7-1-3-11(10-16)5-6-13(18)19/h2,4,8,11,15H,1,3,5-7,9-10H2,(H,18,19). The highest BCUT2D eigenvalue weighted by Gasteiger charge is 2.25. The van der Waals surface area contributed by atoms with Crippen LogP contribution >= 0.6 is 11.3 Å². The lowest BCUT2D eigenvalue weighted by Crippen LogP contribution is -2.45. The monoisotopic (exact) mass is 360 g/mol. The minimum Gasteiger partial charge on any atom is -0.481 e. The molecule has 23 heavy (non-hydrogen) atoms. The van der Waals surface area contributed by atoms with Gasteiger partial charge < -0.3 is 10.0 Å². The predicted octanol–water partition coefficient (Wildman–Crippen LogP) is 1.13. The van der Waals surface area contributed by atoms with Gasteiger partial charge in [-0.15, -0.1) is 11.3 Å². The molecule has 0 saturated carbocycles. The van der Waals surface area contributed by atoms with Crippen LogP contribution in [0.4, 0.5) is 0 Å². The second-order valence-corrected chi connectivity index (χ2v) is 8.48. The van der Waals surface area contributed by atoms with Crippen molar-refractivity contribution in [3.05, 3.63) is 17.5 Å². The van der Waals surface area contributed by atoms with Crippen LogP contribution in [0.2, 0.25) is 0 Å². The van der Waals surface area contributed by atoms with Gasteiger partial charge in [0.1, 0.15) is 4.21 Å². The number of thiophene rings is 1. The zero-order valence-electron chi connectivity index (χ0n) is 12.6. The molecule has 0 bridgehead atoms. The van der Waals surface area contributed by atoms with Gasteiger partial charge in [-0.25, -0.2) is 13.1 Å². The lowest BCUT2D eigenvalue weighted by molar-refractivity contribution is -0.137. The van der Waals surface area contributed by atoms with Gasteiger partial charge in [-0.1, -0.05) is 6.07 Å². The number of aliphatic carboxylic acids is 1. The van der Waals surface area contributed by atoms with Crippen molar-refractivity contribution < 1.29 is 23.1 Å². The smallest absolute Gasteiger partial charge is 0.303 e. The number of carbonyl (C=O) groups is 2. The summed E-state index contributed by atoms with van der Waals surface area (Å²) in [5.74, 6) is -0.944. The maximum absolute atomic E-state index is 12.2. The number of nitrogens with one attached hydrogen (secondary N) is 1. The summed E-state index contributed by atoms with van der Waals surface area (Å²) in [6, 6.07) is 3.12. The molecular formula is C14H20N2O5S2. The van der Waals surface area contributed by atoms with Crippen molar-refractivity contribution in [3.63, 3.8) is 0 Å². The van der Waals surface area contributed by atoms with E-state index in [2.05, 4.69) is 4.72 Å². The Morgan fingerprint density at radius 1 is 1.43 bits per heavy atom. The minimum absolute atomic E-state index is 0.0949. The molecule has 2 N–H and O–H groups in total. The molecule has 0 spiro atoms. The van der Waals surface area contributed by atoms with Crippen molar-refractivity contribution in [1.82, 2.24) is 9.62 Å². The molecular weight excluding hydrogens is 340 g/mol. The van der Waals surface area contributed by atoms with Crippen LogP contribution in [0.15, 0.2) is 21.7 Å². The Morgan fingerprint density at radius 3 is 2.87 bits per heavy atom. The van der Waals surface area contributed by atoms with E-state index in [0.717, 1.165) is 24.2 Å². The van der Waals surface area contributed by atoms with E-state index in [1.807, 2.05) is 0 Å². The van der Waals surface area contributed by atoms with E-state index in [1.165, 1.54) is 6.07 Å².